The zero-order valence-corrected chi connectivity index (χ0v) is 10.6. The maximum atomic E-state index is 12.8. The van der Waals surface area contributed by atoms with Crippen LogP contribution >= 0.6 is 0 Å². The monoisotopic (exact) mass is 273 g/mol. The van der Waals surface area contributed by atoms with Crippen LogP contribution in [0.3, 0.4) is 0 Å². The van der Waals surface area contributed by atoms with Gasteiger partial charge >= 0.3 is 0 Å². The molecule has 1 rings (SSSR count). The van der Waals surface area contributed by atoms with Crippen LogP contribution in [0.1, 0.15) is 12.0 Å². The fourth-order valence-electron chi connectivity index (χ4n) is 1.97. The smallest absolute Gasteiger partial charge is 0.220 e. The van der Waals surface area contributed by atoms with E-state index in [-0.39, 0.29) is 12.8 Å². The number of hydrogen-bond acceptors (Lipinski definition) is 1. The first-order chi connectivity index (χ1) is 9.06. The molecule has 1 unspecified atom stereocenters. The third-order valence-corrected chi connectivity index (χ3v) is 3.26. The topological polar surface area (TPSA) is 43.1 Å². The van der Waals surface area contributed by atoms with Gasteiger partial charge in [0.2, 0.25) is 5.91 Å². The molecule has 0 bridgehead atoms. The lowest BCUT2D eigenvalue weighted by Crippen LogP contribution is -2.37. The van der Waals surface area contributed by atoms with Crippen molar-refractivity contribution < 1.29 is 18.0 Å². The number of benzene rings is 1. The molecule has 0 saturated heterocycles. The molecule has 0 radical (unpaired) electrons. The van der Waals surface area contributed by atoms with Crippen LogP contribution in [0.5, 0.6) is 0 Å². The molecule has 0 aliphatic heterocycles. The molecular weight excluding hydrogens is 255 g/mol. The van der Waals surface area contributed by atoms with Crippen molar-refractivity contribution in [1.82, 2.24) is 0 Å². The zero-order valence-electron chi connectivity index (χ0n) is 10.6. The first-order valence-corrected chi connectivity index (χ1v) is 6.08. The molecule has 1 aromatic rings. The lowest BCUT2D eigenvalue weighted by Gasteiger charge is -2.28. The fourth-order valence-corrected chi connectivity index (χ4v) is 1.97. The van der Waals surface area contributed by atoms with Crippen LogP contribution in [0, 0.1) is 11.3 Å². The second-order valence-electron chi connectivity index (χ2n) is 4.89. The highest BCUT2D eigenvalue weighted by Crippen LogP contribution is 2.30. The predicted octanol–water partition coefficient (Wildman–Crippen LogP) is 2.62. The van der Waals surface area contributed by atoms with Gasteiger partial charge in [0.25, 0.3) is 0 Å². The van der Waals surface area contributed by atoms with Crippen LogP contribution < -0.4 is 5.73 Å². The van der Waals surface area contributed by atoms with Gasteiger partial charge in [0.05, 0.1) is 5.41 Å². The van der Waals surface area contributed by atoms with Gasteiger partial charge in [-0.2, -0.15) is 0 Å². The van der Waals surface area contributed by atoms with Gasteiger partial charge in [0, 0.05) is 5.92 Å². The van der Waals surface area contributed by atoms with Crippen molar-refractivity contribution in [2.75, 3.05) is 20.0 Å². The Hall–Kier alpha value is -1.52. The van der Waals surface area contributed by atoms with Gasteiger partial charge in [-0.15, -0.1) is 0 Å². The number of amides is 1. The maximum Gasteiger partial charge on any atom is 0.220 e. The molecule has 0 fully saturated rings. The summed E-state index contributed by atoms with van der Waals surface area (Å²) >= 11 is 0. The van der Waals surface area contributed by atoms with E-state index in [0.29, 0.717) is 0 Å². The minimum Gasteiger partial charge on any atom is -0.369 e. The summed E-state index contributed by atoms with van der Waals surface area (Å²) in [6.07, 6.45) is 0.0403. The van der Waals surface area contributed by atoms with Crippen LogP contribution in [0.15, 0.2) is 30.3 Å². The van der Waals surface area contributed by atoms with Crippen molar-refractivity contribution in [3.8, 4) is 0 Å². The highest BCUT2D eigenvalue weighted by Gasteiger charge is 2.35. The van der Waals surface area contributed by atoms with Gasteiger partial charge in [-0.05, 0) is 18.4 Å². The van der Waals surface area contributed by atoms with E-state index in [1.165, 1.54) is 0 Å². The normalized spacial score (nSPS) is 13.2. The molecule has 0 aliphatic rings. The molecule has 0 saturated carbocycles. The Morgan fingerprint density at radius 2 is 1.63 bits per heavy atom. The number of nitrogens with two attached hydrogens (primary N) is 1. The van der Waals surface area contributed by atoms with Crippen molar-refractivity contribution in [3.63, 3.8) is 0 Å². The van der Waals surface area contributed by atoms with E-state index in [1.54, 1.807) is 24.3 Å². The van der Waals surface area contributed by atoms with Crippen LogP contribution in [-0.4, -0.2) is 25.9 Å². The molecule has 106 valence electrons. The van der Waals surface area contributed by atoms with Gasteiger partial charge < -0.3 is 5.73 Å². The van der Waals surface area contributed by atoms with Gasteiger partial charge in [-0.1, -0.05) is 30.3 Å². The Labute approximate surface area is 110 Å². The molecular formula is C14H18F3NO. The van der Waals surface area contributed by atoms with E-state index in [4.69, 9.17) is 5.73 Å². The number of carbonyl (C=O) groups excluding carboxylic acids is 1. The summed E-state index contributed by atoms with van der Waals surface area (Å²) < 4.78 is 38.5. The third kappa shape index (κ3) is 4.26. The Morgan fingerprint density at radius 1 is 1.11 bits per heavy atom. The van der Waals surface area contributed by atoms with Crippen molar-refractivity contribution >= 4 is 5.91 Å². The van der Waals surface area contributed by atoms with E-state index in [1.807, 2.05) is 6.07 Å². The molecule has 0 heterocycles. The highest BCUT2D eigenvalue weighted by molar-refractivity contribution is 5.77. The molecule has 2 N–H and O–H groups in total. The first-order valence-electron chi connectivity index (χ1n) is 6.08. The minimum absolute atomic E-state index is 0.222. The van der Waals surface area contributed by atoms with E-state index in [9.17, 15) is 18.0 Å². The first kappa shape index (κ1) is 15.5. The van der Waals surface area contributed by atoms with Crippen LogP contribution in [-0.2, 0) is 11.2 Å². The Morgan fingerprint density at radius 3 is 2.05 bits per heavy atom. The van der Waals surface area contributed by atoms with Crippen LogP contribution in [0.25, 0.3) is 0 Å². The number of hydrogen-bond donors (Lipinski definition) is 1. The summed E-state index contributed by atoms with van der Waals surface area (Å²) in [5.74, 6) is -1.44. The minimum atomic E-state index is -1.74. The number of alkyl halides is 3. The Balaban J connectivity index is 2.81. The Kier molecular flexibility index (Phi) is 5.86. The van der Waals surface area contributed by atoms with E-state index in [2.05, 4.69) is 0 Å². The average Bonchev–Trinajstić information content (AvgIpc) is 2.45. The molecule has 19 heavy (non-hydrogen) atoms. The summed E-state index contributed by atoms with van der Waals surface area (Å²) in [4.78, 5) is 11.4. The molecule has 1 amide bonds. The SMILES string of the molecule is NC(=O)C(Cc1ccccc1)CC(CF)(CF)CF. The van der Waals surface area contributed by atoms with Gasteiger partial charge in [-0.3, -0.25) is 18.0 Å². The highest BCUT2D eigenvalue weighted by atomic mass is 19.1. The molecule has 2 nitrogen and oxygen atoms in total. The molecule has 5 heteroatoms. The van der Waals surface area contributed by atoms with Gasteiger partial charge in [0.15, 0.2) is 0 Å². The average molecular weight is 273 g/mol. The van der Waals surface area contributed by atoms with Gasteiger partial charge in [0.1, 0.15) is 20.0 Å². The van der Waals surface area contributed by atoms with Crippen LogP contribution in [0.2, 0.25) is 0 Å². The second kappa shape index (κ2) is 7.16. The van der Waals surface area contributed by atoms with Crippen molar-refractivity contribution in [1.29, 1.82) is 0 Å². The van der Waals surface area contributed by atoms with Gasteiger partial charge in [-0.25, -0.2) is 0 Å². The summed E-state index contributed by atoms with van der Waals surface area (Å²) in [6, 6.07) is 8.98. The molecule has 1 aromatic carbocycles. The van der Waals surface area contributed by atoms with E-state index < -0.39 is 37.3 Å². The second-order valence-corrected chi connectivity index (χ2v) is 4.89. The third-order valence-electron chi connectivity index (χ3n) is 3.26. The van der Waals surface area contributed by atoms with E-state index >= 15 is 0 Å². The zero-order chi connectivity index (χ0) is 14.3. The summed E-state index contributed by atoms with van der Waals surface area (Å²) in [6.45, 7) is -3.42. The van der Waals surface area contributed by atoms with E-state index in [0.717, 1.165) is 5.56 Å². The Bertz CT molecular complexity index is 385. The summed E-state index contributed by atoms with van der Waals surface area (Å²) in [7, 11) is 0. The van der Waals surface area contributed by atoms with Crippen molar-refractivity contribution in [3.05, 3.63) is 35.9 Å². The molecule has 0 aliphatic carbocycles. The number of carbonyl (C=O) groups is 1. The summed E-state index contributed by atoms with van der Waals surface area (Å²) in [5.41, 5.74) is 4.34. The van der Waals surface area contributed by atoms with Crippen molar-refractivity contribution in [2.45, 2.75) is 12.8 Å². The number of primary amides is 1. The molecule has 0 spiro atoms. The van der Waals surface area contributed by atoms with Crippen molar-refractivity contribution in [2.24, 2.45) is 17.1 Å². The number of rotatable bonds is 8. The van der Waals surface area contributed by atoms with Crippen LogP contribution in [0.4, 0.5) is 13.2 Å². The predicted molar refractivity (Wildman–Crippen MR) is 67.8 cm³/mol. The molecule has 1 atom stereocenters. The lowest BCUT2D eigenvalue weighted by molar-refractivity contribution is -0.123. The standard InChI is InChI=1S/C14H18F3NO/c15-8-14(9-16,10-17)7-12(13(18)19)6-11-4-2-1-3-5-11/h1-5,12H,6-10H2,(H2,18,19). The fraction of sp³-hybridized carbons (Fsp3) is 0.500. The quantitative estimate of drug-likeness (QED) is 0.777. The number of halogens is 3. The maximum absolute atomic E-state index is 12.8. The lowest BCUT2D eigenvalue weighted by atomic mass is 9.80. The molecule has 0 aromatic heterocycles. The largest absolute Gasteiger partial charge is 0.369 e. The summed E-state index contributed by atoms with van der Waals surface area (Å²) in [5, 5.41) is 0.